The molecule has 1 amide bonds. The summed E-state index contributed by atoms with van der Waals surface area (Å²) in [5.41, 5.74) is 2.67. The van der Waals surface area contributed by atoms with Crippen LogP contribution in [0.4, 0.5) is 4.39 Å². The Bertz CT molecular complexity index is 1050. The van der Waals surface area contributed by atoms with E-state index in [1.165, 1.54) is 18.2 Å². The van der Waals surface area contributed by atoms with Gasteiger partial charge in [-0.3, -0.25) is 19.6 Å². The molecule has 0 saturated heterocycles. The number of halogens is 1. The zero-order chi connectivity index (χ0) is 18.8. The third-order valence-electron chi connectivity index (χ3n) is 4.13. The van der Waals surface area contributed by atoms with Gasteiger partial charge in [-0.15, -0.1) is 0 Å². The van der Waals surface area contributed by atoms with Crippen LogP contribution in [0, 0.1) is 19.7 Å². The Hall–Kier alpha value is -3.09. The minimum Gasteiger partial charge on any atom is -0.348 e. The largest absolute Gasteiger partial charge is 0.348 e. The number of nitrogens with one attached hydrogen (secondary N) is 2. The summed E-state index contributed by atoms with van der Waals surface area (Å²) in [6.45, 7) is 5.49. The van der Waals surface area contributed by atoms with Gasteiger partial charge in [-0.2, -0.15) is 0 Å². The fraction of sp³-hybridized carbons (Fsp3) is 0.263. The summed E-state index contributed by atoms with van der Waals surface area (Å²) in [4.78, 5) is 35.8. The van der Waals surface area contributed by atoms with Crippen molar-refractivity contribution in [1.29, 1.82) is 0 Å². The topological polar surface area (TPSA) is 87.7 Å². The lowest BCUT2D eigenvalue weighted by Crippen LogP contribution is -2.31. The highest BCUT2D eigenvalue weighted by atomic mass is 19.1. The molecule has 0 spiro atoms. The molecular weight excluding hydrogens is 335 g/mol. The number of aryl methyl sites for hydroxylation is 2. The molecule has 7 heteroatoms. The van der Waals surface area contributed by atoms with Crippen LogP contribution >= 0.6 is 0 Å². The summed E-state index contributed by atoms with van der Waals surface area (Å²) in [7, 11) is 0. The van der Waals surface area contributed by atoms with E-state index in [9.17, 15) is 14.0 Å². The maximum atomic E-state index is 13.4. The molecule has 0 bridgehead atoms. The van der Waals surface area contributed by atoms with Crippen molar-refractivity contribution >= 4 is 16.8 Å². The lowest BCUT2D eigenvalue weighted by Gasteiger charge is -2.15. The molecule has 1 atom stereocenters. The number of pyridine rings is 1. The molecule has 0 aliphatic carbocycles. The molecule has 26 heavy (non-hydrogen) atoms. The van der Waals surface area contributed by atoms with Crippen LogP contribution < -0.4 is 10.9 Å². The second kappa shape index (κ2) is 7.03. The minimum absolute atomic E-state index is 0.107. The van der Waals surface area contributed by atoms with E-state index >= 15 is 0 Å². The third-order valence-corrected chi connectivity index (χ3v) is 4.13. The Morgan fingerprint density at radius 1 is 1.31 bits per heavy atom. The second-order valence-electron chi connectivity index (χ2n) is 6.30. The molecule has 2 heterocycles. The van der Waals surface area contributed by atoms with Crippen molar-refractivity contribution in [2.24, 2.45) is 0 Å². The Kier molecular flexibility index (Phi) is 4.79. The summed E-state index contributed by atoms with van der Waals surface area (Å²) in [6.07, 6.45) is 1.54. The highest BCUT2D eigenvalue weighted by Crippen LogP contribution is 2.15. The fourth-order valence-electron chi connectivity index (χ4n) is 2.92. The zero-order valence-corrected chi connectivity index (χ0v) is 14.8. The molecule has 0 fully saturated rings. The number of benzene rings is 1. The predicted octanol–water partition coefficient (Wildman–Crippen LogP) is 2.49. The molecule has 0 aliphatic rings. The zero-order valence-electron chi connectivity index (χ0n) is 14.8. The van der Waals surface area contributed by atoms with Crippen LogP contribution in [0.3, 0.4) is 0 Å². The van der Waals surface area contributed by atoms with E-state index in [0.29, 0.717) is 16.6 Å². The third kappa shape index (κ3) is 3.77. The van der Waals surface area contributed by atoms with Gasteiger partial charge in [0.15, 0.2) is 0 Å². The number of carbonyl (C=O) groups excluding carboxylic acids is 1. The van der Waals surface area contributed by atoms with Crippen LogP contribution in [0.25, 0.3) is 10.9 Å². The van der Waals surface area contributed by atoms with Crippen molar-refractivity contribution in [1.82, 2.24) is 20.3 Å². The van der Waals surface area contributed by atoms with E-state index in [-0.39, 0.29) is 29.5 Å². The van der Waals surface area contributed by atoms with Crippen molar-refractivity contribution in [2.45, 2.75) is 33.2 Å². The molecule has 6 nitrogen and oxygen atoms in total. The van der Waals surface area contributed by atoms with Crippen LogP contribution in [0.15, 0.2) is 35.3 Å². The molecule has 1 aromatic carbocycles. The van der Waals surface area contributed by atoms with Crippen molar-refractivity contribution < 1.29 is 9.18 Å². The number of hydrogen-bond acceptors (Lipinski definition) is 4. The molecule has 0 unspecified atom stereocenters. The SMILES string of the molecule is Cc1cnc([C@H](C)NC(=O)Cc2cc3cc(F)ccc3[nH]c2=O)c(C)n1. The summed E-state index contributed by atoms with van der Waals surface area (Å²) in [5, 5.41) is 3.37. The molecule has 2 N–H and O–H groups in total. The highest BCUT2D eigenvalue weighted by Gasteiger charge is 2.16. The maximum absolute atomic E-state index is 13.4. The van der Waals surface area contributed by atoms with E-state index in [2.05, 4.69) is 20.3 Å². The minimum atomic E-state index is -0.401. The number of amides is 1. The van der Waals surface area contributed by atoms with Gasteiger partial charge in [0, 0.05) is 22.7 Å². The first-order chi connectivity index (χ1) is 12.3. The smallest absolute Gasteiger partial charge is 0.252 e. The van der Waals surface area contributed by atoms with Gasteiger partial charge in [0.2, 0.25) is 5.91 Å². The second-order valence-corrected chi connectivity index (χ2v) is 6.30. The monoisotopic (exact) mass is 354 g/mol. The van der Waals surface area contributed by atoms with Crippen molar-refractivity contribution in [2.75, 3.05) is 0 Å². The van der Waals surface area contributed by atoms with Gasteiger partial charge in [0.25, 0.3) is 5.56 Å². The van der Waals surface area contributed by atoms with Gasteiger partial charge in [-0.1, -0.05) is 0 Å². The average molecular weight is 354 g/mol. The molecular formula is C19H19FN4O2. The first kappa shape index (κ1) is 17.7. The molecule has 0 aliphatic heterocycles. The van der Waals surface area contributed by atoms with Gasteiger partial charge >= 0.3 is 0 Å². The van der Waals surface area contributed by atoms with Crippen LogP contribution in [-0.2, 0) is 11.2 Å². The number of fused-ring (bicyclic) bond motifs is 1. The highest BCUT2D eigenvalue weighted by molar-refractivity contribution is 5.82. The van der Waals surface area contributed by atoms with E-state index in [4.69, 9.17) is 0 Å². The summed E-state index contributed by atoms with van der Waals surface area (Å²) >= 11 is 0. The first-order valence-corrected chi connectivity index (χ1v) is 8.24. The number of aromatic nitrogens is 3. The maximum Gasteiger partial charge on any atom is 0.252 e. The van der Waals surface area contributed by atoms with Crippen LogP contribution in [-0.4, -0.2) is 20.9 Å². The molecule has 3 aromatic rings. The van der Waals surface area contributed by atoms with Gasteiger partial charge in [-0.25, -0.2) is 4.39 Å². The van der Waals surface area contributed by atoms with Crippen LogP contribution in [0.5, 0.6) is 0 Å². The Morgan fingerprint density at radius 2 is 2.08 bits per heavy atom. The van der Waals surface area contributed by atoms with Gasteiger partial charge in [-0.05, 0) is 45.0 Å². The number of aromatic amines is 1. The van der Waals surface area contributed by atoms with Crippen molar-refractivity contribution in [3.8, 4) is 0 Å². The van der Waals surface area contributed by atoms with E-state index in [0.717, 1.165) is 11.4 Å². The quantitative estimate of drug-likeness (QED) is 0.753. The Balaban J connectivity index is 1.78. The molecule has 134 valence electrons. The number of hydrogen-bond donors (Lipinski definition) is 2. The van der Waals surface area contributed by atoms with E-state index in [1.807, 2.05) is 20.8 Å². The number of nitrogens with zero attached hydrogens (tertiary/aromatic N) is 2. The summed E-state index contributed by atoms with van der Waals surface area (Å²) < 4.78 is 13.4. The molecule has 0 saturated carbocycles. The molecule has 3 rings (SSSR count). The molecule has 0 radical (unpaired) electrons. The van der Waals surface area contributed by atoms with Gasteiger partial charge in [0.1, 0.15) is 5.82 Å². The fourth-order valence-corrected chi connectivity index (χ4v) is 2.92. The van der Waals surface area contributed by atoms with E-state index < -0.39 is 5.82 Å². The summed E-state index contributed by atoms with van der Waals surface area (Å²) in [5.74, 6) is -0.720. The number of carbonyl (C=O) groups is 1. The summed E-state index contributed by atoms with van der Waals surface area (Å²) in [6, 6.07) is 5.29. The van der Waals surface area contributed by atoms with Crippen LogP contribution in [0.1, 0.15) is 35.6 Å². The van der Waals surface area contributed by atoms with Crippen LogP contribution in [0.2, 0.25) is 0 Å². The Labute approximate surface area is 149 Å². The first-order valence-electron chi connectivity index (χ1n) is 8.24. The Morgan fingerprint density at radius 3 is 2.81 bits per heavy atom. The normalized spacial score (nSPS) is 12.2. The number of rotatable bonds is 4. The lowest BCUT2D eigenvalue weighted by atomic mass is 10.1. The van der Waals surface area contributed by atoms with Crippen molar-refractivity contribution in [3.63, 3.8) is 0 Å². The number of H-pyrrole nitrogens is 1. The standard InChI is InChI=1S/C19H19FN4O2/c1-10-9-21-18(11(2)22-10)12(3)23-17(25)8-14-6-13-7-15(20)4-5-16(13)24-19(14)26/h4-7,9,12H,8H2,1-3H3,(H,23,25)(H,24,26)/t12-/m0/s1. The predicted molar refractivity (Wildman–Crippen MR) is 96.3 cm³/mol. The van der Waals surface area contributed by atoms with Gasteiger partial charge < -0.3 is 10.3 Å². The van der Waals surface area contributed by atoms with E-state index in [1.54, 1.807) is 12.3 Å². The molecule has 2 aromatic heterocycles. The van der Waals surface area contributed by atoms with Gasteiger partial charge in [0.05, 0.1) is 29.5 Å². The van der Waals surface area contributed by atoms with Crippen molar-refractivity contribution in [3.05, 3.63) is 69.3 Å². The lowest BCUT2D eigenvalue weighted by molar-refractivity contribution is -0.121. The average Bonchev–Trinajstić information content (AvgIpc) is 2.55.